The van der Waals surface area contributed by atoms with E-state index in [0.29, 0.717) is 34.1 Å². The van der Waals surface area contributed by atoms with Crippen LogP contribution in [0.5, 0.6) is 5.75 Å². The van der Waals surface area contributed by atoms with E-state index in [4.69, 9.17) is 13.9 Å². The molecule has 1 aromatic heterocycles. The highest BCUT2D eigenvalue weighted by molar-refractivity contribution is 8.00. The topological polar surface area (TPSA) is 128 Å². The minimum absolute atomic E-state index is 0.167. The number of rotatable bonds is 11. The summed E-state index contributed by atoms with van der Waals surface area (Å²) in [5.74, 6) is -0.0463. The molecule has 1 N–H and O–H groups in total. The Hall–Kier alpha value is -5.72. The molecule has 4 atom stereocenters. The van der Waals surface area contributed by atoms with Gasteiger partial charge >= 0.3 is 5.97 Å². The summed E-state index contributed by atoms with van der Waals surface area (Å²) in [7, 11) is 0. The third-order valence-corrected chi connectivity index (χ3v) is 11.5. The standard InChI is InChI=1S/C41H33N3O7S2/c45-28-15-17-31-33(21-28)50-34-22-29(16-18-32(34)42-31)49-19-7-13-27-24-53-40-36(43-35(46)23-30-14-8-20-52-30)39(47)44(40)37(27)41(48)51-38(25-9-3-1-4-10-25)26-11-5-2-6-12-26/h1-18,20-22,27,36-38,40H,19,23-24H2,(H,43,46)/b13-7-/t27?,36-,37?,40-/m1/s1. The molecule has 2 amide bonds. The van der Waals surface area contributed by atoms with Gasteiger partial charge in [0.1, 0.15) is 41.0 Å². The van der Waals surface area contributed by atoms with Crippen molar-refractivity contribution in [2.75, 3.05) is 12.4 Å². The maximum atomic E-state index is 14.3. The fourth-order valence-corrected chi connectivity index (χ4v) is 8.85. The highest BCUT2D eigenvalue weighted by Gasteiger charge is 2.58. The molecule has 1 aliphatic carbocycles. The Morgan fingerprint density at radius 3 is 2.45 bits per heavy atom. The average molecular weight is 744 g/mol. The van der Waals surface area contributed by atoms with Crippen LogP contribution in [-0.4, -0.2) is 57.5 Å². The molecule has 4 heterocycles. The van der Waals surface area contributed by atoms with Crippen LogP contribution in [0.1, 0.15) is 22.1 Å². The maximum Gasteiger partial charge on any atom is 0.330 e. The van der Waals surface area contributed by atoms with Crippen LogP contribution in [0, 0.1) is 5.92 Å². The highest BCUT2D eigenvalue weighted by Crippen LogP contribution is 2.42. The van der Waals surface area contributed by atoms with Gasteiger partial charge in [0.2, 0.25) is 11.8 Å². The van der Waals surface area contributed by atoms with Gasteiger partial charge in [0.15, 0.2) is 22.9 Å². The van der Waals surface area contributed by atoms with Crippen LogP contribution >= 0.6 is 23.1 Å². The number of nitrogens with one attached hydrogen (secondary N) is 1. The summed E-state index contributed by atoms with van der Waals surface area (Å²) >= 11 is 3.01. The van der Waals surface area contributed by atoms with Gasteiger partial charge in [-0.05, 0) is 46.8 Å². The Bertz CT molecular complexity index is 2270. The molecule has 2 fully saturated rings. The fourth-order valence-electron chi connectivity index (χ4n) is 6.66. The largest absolute Gasteiger partial charge is 0.489 e. The second-order valence-electron chi connectivity index (χ2n) is 12.7. The van der Waals surface area contributed by atoms with E-state index in [1.165, 1.54) is 35.2 Å². The molecule has 266 valence electrons. The van der Waals surface area contributed by atoms with Crippen LogP contribution in [0.25, 0.3) is 22.6 Å². The summed E-state index contributed by atoms with van der Waals surface area (Å²) in [5.41, 5.74) is 3.13. The number of nitrogens with zero attached hydrogens (tertiary/aromatic N) is 2. The van der Waals surface area contributed by atoms with Gasteiger partial charge in [-0.15, -0.1) is 23.1 Å². The number of esters is 1. The first-order chi connectivity index (χ1) is 25.9. The molecular formula is C41H33N3O7S2. The van der Waals surface area contributed by atoms with Crippen molar-refractivity contribution >= 4 is 52.0 Å². The Labute approximate surface area is 312 Å². The Balaban J connectivity index is 1.01. The number of hydrogen-bond acceptors (Lipinski definition) is 10. The second-order valence-corrected chi connectivity index (χ2v) is 14.9. The summed E-state index contributed by atoms with van der Waals surface area (Å²) in [5, 5.41) is 4.40. The summed E-state index contributed by atoms with van der Waals surface area (Å²) in [6, 6.07) is 30.9. The molecule has 0 spiro atoms. The first-order valence-electron chi connectivity index (χ1n) is 17.1. The number of ether oxygens (including phenoxy) is 2. The van der Waals surface area contributed by atoms with E-state index in [0.717, 1.165) is 16.0 Å². The number of carbonyl (C=O) groups is 3. The molecule has 12 heteroatoms. The molecule has 0 radical (unpaired) electrons. The van der Waals surface area contributed by atoms with Gasteiger partial charge in [0.05, 0.1) is 6.42 Å². The van der Waals surface area contributed by atoms with E-state index < -0.39 is 35.4 Å². The summed E-state index contributed by atoms with van der Waals surface area (Å²) in [6.45, 7) is 0.176. The molecule has 53 heavy (non-hydrogen) atoms. The predicted molar refractivity (Wildman–Crippen MR) is 203 cm³/mol. The van der Waals surface area contributed by atoms with Crippen molar-refractivity contribution in [3.8, 4) is 17.2 Å². The lowest BCUT2D eigenvalue weighted by molar-refractivity contribution is -0.169. The molecule has 8 rings (SSSR count). The summed E-state index contributed by atoms with van der Waals surface area (Å²) < 4.78 is 18.2. The number of amides is 2. The quantitative estimate of drug-likeness (QED) is 0.0709. The number of β-lactam (4-membered cyclic amide) rings is 1. The smallest absolute Gasteiger partial charge is 0.330 e. The first kappa shape index (κ1) is 34.4. The van der Waals surface area contributed by atoms with E-state index in [1.807, 2.05) is 90.3 Å². The molecule has 2 saturated heterocycles. The number of thiophene rings is 1. The maximum absolute atomic E-state index is 14.3. The number of carbonyl (C=O) groups excluding carboxylic acids is 3. The fraction of sp³-hybridized carbons (Fsp3) is 0.195. The van der Waals surface area contributed by atoms with E-state index >= 15 is 0 Å². The van der Waals surface area contributed by atoms with Gasteiger partial charge in [-0.2, -0.15) is 0 Å². The van der Waals surface area contributed by atoms with Crippen molar-refractivity contribution in [1.82, 2.24) is 15.2 Å². The molecule has 3 aliphatic heterocycles. The minimum Gasteiger partial charge on any atom is -0.489 e. The van der Waals surface area contributed by atoms with Gasteiger partial charge in [-0.25, -0.2) is 9.78 Å². The van der Waals surface area contributed by atoms with Crippen LogP contribution < -0.4 is 15.5 Å². The molecule has 0 saturated carbocycles. The minimum atomic E-state index is -0.921. The lowest BCUT2D eigenvalue weighted by Gasteiger charge is -2.54. The van der Waals surface area contributed by atoms with Crippen molar-refractivity contribution in [3.63, 3.8) is 0 Å². The van der Waals surface area contributed by atoms with Crippen molar-refractivity contribution in [1.29, 1.82) is 0 Å². The van der Waals surface area contributed by atoms with Gasteiger partial charge < -0.3 is 24.1 Å². The van der Waals surface area contributed by atoms with Crippen LogP contribution in [0.15, 0.2) is 136 Å². The van der Waals surface area contributed by atoms with Gasteiger partial charge in [0, 0.05) is 28.7 Å². The number of thioether (sulfide) groups is 1. The second kappa shape index (κ2) is 15.1. The molecule has 4 aliphatic rings. The molecule has 3 aromatic carbocycles. The van der Waals surface area contributed by atoms with Crippen molar-refractivity contribution in [3.05, 3.63) is 153 Å². The van der Waals surface area contributed by atoms with Crippen LogP contribution in [0.2, 0.25) is 0 Å². The normalized spacial score (nSPS) is 19.6. The first-order valence-corrected chi connectivity index (χ1v) is 19.0. The third-order valence-electron chi connectivity index (χ3n) is 9.21. The molecule has 10 nitrogen and oxygen atoms in total. The average Bonchev–Trinajstić information content (AvgIpc) is 3.70. The number of fused-ring (bicyclic) bond motifs is 3. The van der Waals surface area contributed by atoms with Crippen molar-refractivity contribution in [2.45, 2.75) is 30.0 Å². The lowest BCUT2D eigenvalue weighted by atomic mass is 9.92. The van der Waals surface area contributed by atoms with Crippen LogP contribution in [-0.2, 0) is 25.5 Å². The van der Waals surface area contributed by atoms with Crippen molar-refractivity contribution in [2.24, 2.45) is 5.92 Å². The predicted octanol–water partition coefficient (Wildman–Crippen LogP) is 6.25. The summed E-state index contributed by atoms with van der Waals surface area (Å²) in [6.07, 6.45) is 3.21. The Kier molecular flexibility index (Phi) is 9.79. The monoisotopic (exact) mass is 743 g/mol. The van der Waals surface area contributed by atoms with Crippen molar-refractivity contribution < 1.29 is 28.3 Å². The zero-order chi connectivity index (χ0) is 36.3. The lowest BCUT2D eigenvalue weighted by Crippen LogP contribution is -2.75. The SMILES string of the molecule is O=C(Cc1cccs1)N[C@@H]1C(=O)N2C(C(=O)OC(c3ccccc3)c3ccccc3)C(/C=C\COc3ccc4nc5ccc(=O)cc-5oc4c3)CS[C@H]12. The summed E-state index contributed by atoms with van der Waals surface area (Å²) in [4.78, 5) is 59.8. The van der Waals surface area contributed by atoms with E-state index in [1.54, 1.807) is 29.2 Å². The van der Waals surface area contributed by atoms with Crippen LogP contribution in [0.4, 0.5) is 0 Å². The molecular weight excluding hydrogens is 711 g/mol. The van der Waals surface area contributed by atoms with Gasteiger partial charge in [-0.1, -0.05) is 78.9 Å². The van der Waals surface area contributed by atoms with Gasteiger partial charge in [-0.3, -0.25) is 14.4 Å². The van der Waals surface area contributed by atoms with E-state index in [-0.39, 0.29) is 30.3 Å². The Morgan fingerprint density at radius 2 is 1.72 bits per heavy atom. The zero-order valence-electron chi connectivity index (χ0n) is 28.2. The Morgan fingerprint density at radius 1 is 0.943 bits per heavy atom. The number of aromatic nitrogens is 1. The molecule has 0 bridgehead atoms. The molecule has 4 aromatic rings. The van der Waals surface area contributed by atoms with Gasteiger partial charge in [0.25, 0.3) is 0 Å². The number of benzene rings is 4. The number of hydrogen-bond donors (Lipinski definition) is 1. The van der Waals surface area contributed by atoms with Crippen LogP contribution in [0.3, 0.4) is 0 Å². The van der Waals surface area contributed by atoms with E-state index in [9.17, 15) is 19.2 Å². The van der Waals surface area contributed by atoms with E-state index in [2.05, 4.69) is 10.3 Å². The highest BCUT2D eigenvalue weighted by atomic mass is 32.2. The third kappa shape index (κ3) is 7.33. The zero-order valence-corrected chi connectivity index (χ0v) is 29.8. The molecule has 2 unspecified atom stereocenters.